The highest BCUT2D eigenvalue weighted by atomic mass is 28.3. The van der Waals surface area contributed by atoms with Crippen LogP contribution in [0.3, 0.4) is 0 Å². The maximum atomic E-state index is 5.50. The summed E-state index contributed by atoms with van der Waals surface area (Å²) in [5, 5.41) is 3.33. The van der Waals surface area contributed by atoms with E-state index in [4.69, 9.17) is 14.6 Å². The fourth-order valence-electron chi connectivity index (χ4n) is 1.80. The van der Waals surface area contributed by atoms with E-state index in [9.17, 15) is 0 Å². The second-order valence-corrected chi connectivity index (χ2v) is 6.49. The number of hydrogen-bond acceptors (Lipinski definition) is 4. The van der Waals surface area contributed by atoms with Gasteiger partial charge < -0.3 is 19.9 Å². The van der Waals surface area contributed by atoms with Crippen molar-refractivity contribution < 1.29 is 8.85 Å². The van der Waals surface area contributed by atoms with E-state index in [1.807, 2.05) is 18.2 Å². The van der Waals surface area contributed by atoms with E-state index in [-0.39, 0.29) is 0 Å². The summed E-state index contributed by atoms with van der Waals surface area (Å²) in [4.78, 5) is 0. The third-order valence-corrected chi connectivity index (χ3v) is 4.71. The van der Waals surface area contributed by atoms with Crippen LogP contribution in [0.4, 0.5) is 0 Å². The molecule has 0 radical (unpaired) electrons. The van der Waals surface area contributed by atoms with Gasteiger partial charge in [-0.3, -0.25) is 0 Å². The summed E-state index contributed by atoms with van der Waals surface area (Å²) in [7, 11) is 1.85. The number of benzene rings is 1. The number of nitrogens with two attached hydrogens (primary N) is 1. The quantitative estimate of drug-likeness (QED) is 0.526. The molecule has 0 aliphatic heterocycles. The first-order chi connectivity index (χ1) is 9.30. The predicted molar refractivity (Wildman–Crippen MR) is 82.3 cm³/mol. The summed E-state index contributed by atoms with van der Waals surface area (Å²) < 4.78 is 10.8. The SMILES string of the molecule is CO[SiH](CC(=Cc1ccccc1)CNCCN)OC. The molecule has 106 valence electrons. The third kappa shape index (κ3) is 6.65. The highest BCUT2D eigenvalue weighted by Crippen LogP contribution is 2.12. The molecule has 0 unspecified atom stereocenters. The summed E-state index contributed by atoms with van der Waals surface area (Å²) >= 11 is 0. The van der Waals surface area contributed by atoms with Crippen LogP contribution in [0.25, 0.3) is 6.08 Å². The minimum atomic E-state index is -1.58. The largest absolute Gasteiger partial charge is 0.400 e. The fraction of sp³-hybridized carbons (Fsp3) is 0.429. The number of nitrogens with one attached hydrogen (secondary N) is 1. The minimum Gasteiger partial charge on any atom is -0.400 e. The van der Waals surface area contributed by atoms with Gasteiger partial charge in [-0.1, -0.05) is 42.0 Å². The molecule has 4 nitrogen and oxygen atoms in total. The molecule has 1 rings (SSSR count). The standard InChI is InChI=1S/C14H24N2O2Si/c1-17-19(18-2)12-14(11-16-9-8-15)10-13-6-4-3-5-7-13/h3-7,10,16,19H,8-9,11-12,15H2,1-2H3. The molecule has 1 aromatic rings. The Labute approximate surface area is 117 Å². The van der Waals surface area contributed by atoms with Crippen molar-refractivity contribution in [3.63, 3.8) is 0 Å². The molecule has 0 aromatic heterocycles. The number of hydrogen-bond donors (Lipinski definition) is 2. The van der Waals surface area contributed by atoms with Crippen molar-refractivity contribution in [2.75, 3.05) is 33.9 Å². The lowest BCUT2D eigenvalue weighted by Gasteiger charge is -2.14. The van der Waals surface area contributed by atoms with Gasteiger partial charge in [-0.25, -0.2) is 0 Å². The van der Waals surface area contributed by atoms with Crippen molar-refractivity contribution in [2.24, 2.45) is 5.73 Å². The van der Waals surface area contributed by atoms with Gasteiger partial charge in [0.25, 0.3) is 0 Å². The van der Waals surface area contributed by atoms with Crippen LogP contribution in [0.1, 0.15) is 5.56 Å². The van der Waals surface area contributed by atoms with Gasteiger partial charge in [0.1, 0.15) is 0 Å². The van der Waals surface area contributed by atoms with Crippen LogP contribution in [-0.4, -0.2) is 43.1 Å². The minimum absolute atomic E-state index is 0.647. The highest BCUT2D eigenvalue weighted by molar-refractivity contribution is 6.45. The van der Waals surface area contributed by atoms with E-state index in [0.29, 0.717) is 6.54 Å². The third-order valence-electron chi connectivity index (χ3n) is 2.80. The Morgan fingerprint density at radius 3 is 2.53 bits per heavy atom. The van der Waals surface area contributed by atoms with Gasteiger partial charge in [0.15, 0.2) is 0 Å². The molecule has 0 aliphatic carbocycles. The van der Waals surface area contributed by atoms with Gasteiger partial charge in [-0.15, -0.1) is 0 Å². The fourth-order valence-corrected chi connectivity index (χ4v) is 3.01. The van der Waals surface area contributed by atoms with Crippen LogP contribution in [-0.2, 0) is 8.85 Å². The van der Waals surface area contributed by atoms with Gasteiger partial charge in [-0.05, 0) is 5.56 Å². The van der Waals surface area contributed by atoms with Gasteiger partial charge in [0, 0.05) is 39.9 Å². The lowest BCUT2D eigenvalue weighted by molar-refractivity contribution is 0.280. The van der Waals surface area contributed by atoms with Crippen LogP contribution in [0.2, 0.25) is 6.04 Å². The lowest BCUT2D eigenvalue weighted by Crippen LogP contribution is -2.27. The van der Waals surface area contributed by atoms with Crippen LogP contribution >= 0.6 is 0 Å². The average Bonchev–Trinajstić information content (AvgIpc) is 2.45. The predicted octanol–water partition coefficient (Wildman–Crippen LogP) is 1.13. The van der Waals surface area contributed by atoms with Crippen molar-refractivity contribution in [3.05, 3.63) is 41.5 Å². The first-order valence-corrected chi connectivity index (χ1v) is 8.27. The van der Waals surface area contributed by atoms with Crippen LogP contribution in [0.5, 0.6) is 0 Å². The first kappa shape index (κ1) is 16.1. The van der Waals surface area contributed by atoms with E-state index in [1.165, 1.54) is 11.1 Å². The van der Waals surface area contributed by atoms with E-state index >= 15 is 0 Å². The van der Waals surface area contributed by atoms with E-state index < -0.39 is 9.28 Å². The molecule has 0 aliphatic rings. The molecule has 19 heavy (non-hydrogen) atoms. The molecule has 3 N–H and O–H groups in total. The maximum absolute atomic E-state index is 5.50. The second kappa shape index (κ2) is 9.88. The lowest BCUT2D eigenvalue weighted by atomic mass is 10.1. The van der Waals surface area contributed by atoms with Crippen LogP contribution in [0.15, 0.2) is 35.9 Å². The Morgan fingerprint density at radius 1 is 1.26 bits per heavy atom. The van der Waals surface area contributed by atoms with Gasteiger partial charge in [0.2, 0.25) is 0 Å². The van der Waals surface area contributed by atoms with Gasteiger partial charge >= 0.3 is 9.28 Å². The zero-order valence-corrected chi connectivity index (χ0v) is 12.9. The molecule has 0 fully saturated rings. The molecular formula is C14H24N2O2Si. The van der Waals surface area contributed by atoms with Gasteiger partial charge in [0.05, 0.1) is 0 Å². The molecule has 0 bridgehead atoms. The van der Waals surface area contributed by atoms with Crippen LogP contribution < -0.4 is 11.1 Å². The average molecular weight is 280 g/mol. The molecule has 0 atom stereocenters. The number of rotatable bonds is 9. The normalized spacial score (nSPS) is 12.1. The molecule has 1 aromatic carbocycles. The van der Waals surface area contributed by atoms with Crippen molar-refractivity contribution >= 4 is 15.4 Å². The molecular weight excluding hydrogens is 256 g/mol. The van der Waals surface area contributed by atoms with Crippen molar-refractivity contribution in [2.45, 2.75) is 6.04 Å². The summed E-state index contributed by atoms with van der Waals surface area (Å²) in [6.07, 6.45) is 2.20. The smallest absolute Gasteiger partial charge is 0.325 e. The Morgan fingerprint density at radius 2 is 1.95 bits per heavy atom. The molecule has 0 saturated heterocycles. The van der Waals surface area contributed by atoms with E-state index in [0.717, 1.165) is 19.1 Å². The zero-order chi connectivity index (χ0) is 13.9. The van der Waals surface area contributed by atoms with Crippen molar-refractivity contribution in [3.8, 4) is 0 Å². The topological polar surface area (TPSA) is 56.5 Å². The molecule has 0 spiro atoms. The monoisotopic (exact) mass is 280 g/mol. The van der Waals surface area contributed by atoms with E-state index in [2.05, 4.69) is 23.5 Å². The summed E-state index contributed by atoms with van der Waals surface area (Å²) in [6, 6.07) is 11.2. The Kier molecular flexibility index (Phi) is 8.36. The Bertz CT molecular complexity index is 367. The summed E-state index contributed by atoms with van der Waals surface area (Å²) in [6.45, 7) is 2.29. The second-order valence-electron chi connectivity index (χ2n) is 4.28. The highest BCUT2D eigenvalue weighted by Gasteiger charge is 2.12. The molecule has 0 saturated carbocycles. The van der Waals surface area contributed by atoms with Crippen molar-refractivity contribution in [1.29, 1.82) is 0 Å². The molecule has 5 heteroatoms. The van der Waals surface area contributed by atoms with E-state index in [1.54, 1.807) is 14.2 Å². The van der Waals surface area contributed by atoms with Crippen LogP contribution in [0, 0.1) is 0 Å². The van der Waals surface area contributed by atoms with Crippen molar-refractivity contribution in [1.82, 2.24) is 5.32 Å². The Hall–Kier alpha value is -0.983. The first-order valence-electron chi connectivity index (χ1n) is 6.51. The molecule has 0 heterocycles. The molecule has 0 amide bonds. The summed E-state index contributed by atoms with van der Waals surface area (Å²) in [5.74, 6) is 0. The van der Waals surface area contributed by atoms with Gasteiger partial charge in [-0.2, -0.15) is 0 Å². The zero-order valence-electron chi connectivity index (χ0n) is 11.8. The maximum Gasteiger partial charge on any atom is 0.325 e. The Balaban J connectivity index is 2.70. The summed E-state index contributed by atoms with van der Waals surface area (Å²) in [5.41, 5.74) is 7.99.